The molecule has 0 saturated carbocycles. The molecule has 0 unspecified atom stereocenters. The van der Waals surface area contributed by atoms with Crippen molar-refractivity contribution in [3.05, 3.63) is 64.4 Å². The molecule has 2 heterocycles. The minimum Gasteiger partial charge on any atom is -0.310 e. The molecule has 0 aliphatic carbocycles. The lowest BCUT2D eigenvalue weighted by molar-refractivity contribution is -0.121. The van der Waals surface area contributed by atoms with Gasteiger partial charge in [0.05, 0.1) is 5.39 Å². The van der Waals surface area contributed by atoms with Crippen molar-refractivity contribution < 1.29 is 4.79 Å². The Bertz CT molecular complexity index is 995. The maximum Gasteiger partial charge on any atom is 0.278 e. The number of anilines is 1. The topological polar surface area (TPSA) is 68.1 Å². The molecular weight excluding hydrogens is 304 g/mol. The standard InChI is InChI=1S/C18H16N4O2/c1-12(17(23)21-11-10-13-6-2-5-9-16(13)21)22-18(24)14-7-3-4-8-15(14)19-20-22/h2-9,12H,10-11H2,1H3/t12-/m1/s1. The van der Waals surface area contributed by atoms with Gasteiger partial charge < -0.3 is 4.90 Å². The molecule has 2 aromatic carbocycles. The Kier molecular flexibility index (Phi) is 3.37. The van der Waals surface area contributed by atoms with Gasteiger partial charge in [-0.2, -0.15) is 4.68 Å². The predicted molar refractivity (Wildman–Crippen MR) is 91.0 cm³/mol. The molecule has 0 spiro atoms. The van der Waals surface area contributed by atoms with Gasteiger partial charge in [0.25, 0.3) is 11.5 Å². The molecule has 24 heavy (non-hydrogen) atoms. The minimum absolute atomic E-state index is 0.147. The van der Waals surface area contributed by atoms with Crippen LogP contribution in [0.5, 0.6) is 0 Å². The normalized spacial score (nSPS) is 14.6. The van der Waals surface area contributed by atoms with Crippen molar-refractivity contribution in [2.75, 3.05) is 11.4 Å². The molecule has 1 aliphatic heterocycles. The van der Waals surface area contributed by atoms with E-state index in [1.54, 1.807) is 36.1 Å². The third-order valence-corrected chi connectivity index (χ3v) is 4.47. The number of nitrogens with zero attached hydrogens (tertiary/aromatic N) is 4. The lowest BCUT2D eigenvalue weighted by Gasteiger charge is -2.22. The molecule has 1 aromatic heterocycles. The van der Waals surface area contributed by atoms with Crippen molar-refractivity contribution in [3.63, 3.8) is 0 Å². The monoisotopic (exact) mass is 320 g/mol. The molecule has 0 bridgehead atoms. The zero-order valence-corrected chi connectivity index (χ0v) is 13.2. The Morgan fingerprint density at radius 1 is 1.12 bits per heavy atom. The Morgan fingerprint density at radius 2 is 1.88 bits per heavy atom. The second-order valence-electron chi connectivity index (χ2n) is 5.90. The number of benzene rings is 2. The third kappa shape index (κ3) is 2.19. The van der Waals surface area contributed by atoms with E-state index in [0.717, 1.165) is 17.7 Å². The van der Waals surface area contributed by atoms with Gasteiger partial charge >= 0.3 is 0 Å². The van der Waals surface area contributed by atoms with Crippen LogP contribution in [0.4, 0.5) is 5.69 Å². The summed E-state index contributed by atoms with van der Waals surface area (Å²) in [6.45, 7) is 2.31. The van der Waals surface area contributed by atoms with Crippen LogP contribution in [0.1, 0.15) is 18.5 Å². The van der Waals surface area contributed by atoms with Crippen LogP contribution >= 0.6 is 0 Å². The van der Waals surface area contributed by atoms with Crippen LogP contribution in [0.25, 0.3) is 10.9 Å². The van der Waals surface area contributed by atoms with E-state index in [9.17, 15) is 9.59 Å². The molecule has 3 aromatic rings. The average Bonchev–Trinajstić information content (AvgIpc) is 3.05. The average molecular weight is 320 g/mol. The van der Waals surface area contributed by atoms with Gasteiger partial charge in [-0.25, -0.2) is 0 Å². The first-order chi connectivity index (χ1) is 11.7. The number of hydrogen-bond acceptors (Lipinski definition) is 4. The second kappa shape index (κ2) is 5.56. The number of para-hydroxylation sites is 1. The smallest absolute Gasteiger partial charge is 0.278 e. The zero-order valence-electron chi connectivity index (χ0n) is 13.2. The number of carbonyl (C=O) groups excluding carboxylic acids is 1. The van der Waals surface area contributed by atoms with Crippen LogP contribution in [0.2, 0.25) is 0 Å². The van der Waals surface area contributed by atoms with E-state index in [1.807, 2.05) is 24.3 Å². The molecule has 0 N–H and O–H groups in total. The lowest BCUT2D eigenvalue weighted by atomic mass is 10.2. The summed E-state index contributed by atoms with van der Waals surface area (Å²) in [5.74, 6) is -0.147. The van der Waals surface area contributed by atoms with Gasteiger partial charge in [0, 0.05) is 12.2 Å². The van der Waals surface area contributed by atoms with Gasteiger partial charge in [-0.05, 0) is 37.1 Å². The van der Waals surface area contributed by atoms with E-state index >= 15 is 0 Å². The fourth-order valence-electron chi connectivity index (χ4n) is 3.15. The maximum absolute atomic E-state index is 12.9. The van der Waals surface area contributed by atoms with Gasteiger partial charge in [-0.3, -0.25) is 9.59 Å². The molecule has 6 heteroatoms. The number of aromatic nitrogens is 3. The van der Waals surface area contributed by atoms with Crippen LogP contribution in [0, 0.1) is 0 Å². The van der Waals surface area contributed by atoms with Gasteiger partial charge in [0.15, 0.2) is 0 Å². The van der Waals surface area contributed by atoms with E-state index in [-0.39, 0.29) is 11.5 Å². The molecule has 6 nitrogen and oxygen atoms in total. The Hall–Kier alpha value is -3.02. The van der Waals surface area contributed by atoms with Gasteiger partial charge in [0.2, 0.25) is 0 Å². The van der Waals surface area contributed by atoms with E-state index in [4.69, 9.17) is 0 Å². The zero-order chi connectivity index (χ0) is 16.7. The molecule has 1 amide bonds. The van der Waals surface area contributed by atoms with E-state index < -0.39 is 6.04 Å². The van der Waals surface area contributed by atoms with Crippen LogP contribution in [-0.4, -0.2) is 27.4 Å². The fourth-order valence-corrected chi connectivity index (χ4v) is 3.15. The molecule has 1 aliphatic rings. The number of carbonyl (C=O) groups is 1. The Balaban J connectivity index is 1.72. The lowest BCUT2D eigenvalue weighted by Crippen LogP contribution is -2.39. The first kappa shape index (κ1) is 14.6. The fraction of sp³-hybridized carbons (Fsp3) is 0.222. The highest BCUT2D eigenvalue weighted by molar-refractivity contribution is 5.97. The molecule has 0 radical (unpaired) electrons. The minimum atomic E-state index is -0.708. The van der Waals surface area contributed by atoms with Crippen LogP contribution in [0.15, 0.2) is 53.3 Å². The van der Waals surface area contributed by atoms with Gasteiger partial charge in [-0.1, -0.05) is 35.5 Å². The molecule has 0 saturated heterocycles. The van der Waals surface area contributed by atoms with Crippen molar-refractivity contribution in [1.82, 2.24) is 15.0 Å². The number of hydrogen-bond donors (Lipinski definition) is 0. The molecule has 4 rings (SSSR count). The predicted octanol–water partition coefficient (Wildman–Crippen LogP) is 1.94. The van der Waals surface area contributed by atoms with Crippen molar-refractivity contribution in [2.24, 2.45) is 0 Å². The summed E-state index contributed by atoms with van der Waals surface area (Å²) in [6.07, 6.45) is 0.826. The Morgan fingerprint density at radius 3 is 2.75 bits per heavy atom. The molecule has 1 atom stereocenters. The molecular formula is C18H16N4O2. The largest absolute Gasteiger partial charge is 0.310 e. The van der Waals surface area contributed by atoms with Crippen LogP contribution in [-0.2, 0) is 11.2 Å². The summed E-state index contributed by atoms with van der Waals surface area (Å²) in [4.78, 5) is 27.2. The maximum atomic E-state index is 12.9. The van der Waals surface area contributed by atoms with Crippen LogP contribution in [0.3, 0.4) is 0 Å². The number of rotatable bonds is 2. The van der Waals surface area contributed by atoms with Crippen molar-refractivity contribution in [2.45, 2.75) is 19.4 Å². The van der Waals surface area contributed by atoms with Crippen molar-refractivity contribution in [1.29, 1.82) is 0 Å². The quantitative estimate of drug-likeness (QED) is 0.724. The third-order valence-electron chi connectivity index (χ3n) is 4.47. The highest BCUT2D eigenvalue weighted by atomic mass is 16.2. The van der Waals surface area contributed by atoms with Gasteiger partial charge in [0.1, 0.15) is 11.6 Å². The van der Waals surface area contributed by atoms with Crippen molar-refractivity contribution in [3.8, 4) is 0 Å². The van der Waals surface area contributed by atoms with Crippen LogP contribution < -0.4 is 10.5 Å². The van der Waals surface area contributed by atoms with E-state index in [1.165, 1.54) is 4.68 Å². The summed E-state index contributed by atoms with van der Waals surface area (Å²) in [6, 6.07) is 14.1. The number of amides is 1. The Labute approximate surface area is 138 Å². The van der Waals surface area contributed by atoms with Crippen molar-refractivity contribution >= 4 is 22.5 Å². The summed E-state index contributed by atoms with van der Waals surface area (Å²) in [5, 5.41) is 8.49. The summed E-state index contributed by atoms with van der Waals surface area (Å²) in [5.41, 5.74) is 2.30. The van der Waals surface area contributed by atoms with E-state index in [2.05, 4.69) is 10.3 Å². The highest BCUT2D eigenvalue weighted by Gasteiger charge is 2.29. The van der Waals surface area contributed by atoms with E-state index in [0.29, 0.717) is 17.4 Å². The molecule has 120 valence electrons. The molecule has 0 fully saturated rings. The number of fused-ring (bicyclic) bond motifs is 2. The highest BCUT2D eigenvalue weighted by Crippen LogP contribution is 2.29. The van der Waals surface area contributed by atoms with Gasteiger partial charge in [-0.15, -0.1) is 5.10 Å². The summed E-state index contributed by atoms with van der Waals surface area (Å²) >= 11 is 0. The first-order valence-electron chi connectivity index (χ1n) is 7.90. The SMILES string of the molecule is C[C@H](C(=O)N1CCc2ccccc21)n1nnc2ccccc2c1=O. The summed E-state index contributed by atoms with van der Waals surface area (Å²) < 4.78 is 1.17. The summed E-state index contributed by atoms with van der Waals surface area (Å²) in [7, 11) is 0. The second-order valence-corrected chi connectivity index (χ2v) is 5.90. The first-order valence-corrected chi connectivity index (χ1v) is 7.90.